The minimum atomic E-state index is -0.851. The van der Waals surface area contributed by atoms with Gasteiger partial charge in [0, 0.05) is 74.4 Å². The van der Waals surface area contributed by atoms with Crippen molar-refractivity contribution in [3.63, 3.8) is 0 Å². The number of hydrogen-bond acceptors (Lipinski definition) is 14. The monoisotopic (exact) mass is 1120 g/mol. The molecule has 2 aliphatic heterocycles. The van der Waals surface area contributed by atoms with Crippen LogP contribution in [-0.2, 0) is 9.59 Å². The summed E-state index contributed by atoms with van der Waals surface area (Å²) in [7, 11) is 0. The molecule has 0 unspecified atom stereocenters. The van der Waals surface area contributed by atoms with Crippen molar-refractivity contribution >= 4 is 68.9 Å². The minimum absolute atomic E-state index is 0.0162. The zero-order valence-electron chi connectivity index (χ0n) is 45.8. The molecule has 0 saturated carbocycles. The molecule has 2 aliphatic rings. The van der Waals surface area contributed by atoms with Crippen LogP contribution >= 0.6 is 11.6 Å². The molecule has 2 N–H and O–H groups in total. The topological polar surface area (TPSA) is 207 Å². The van der Waals surface area contributed by atoms with Gasteiger partial charge in [-0.3, -0.25) is 14.6 Å². The SMILES string of the molecule is C=CC(=O)N1CCN(c2nc(=O)n(-c3ncc(/C=C\C(=O)N4C[C@@H](C)N(c5nc(=O)n(-c6c(C)ccnc6C(C)C)c6nc(-c7c(N)cccc7F)c(Cl)cc56)[C@@H](C)C4)nc3C(C)C)c3nc(-c4ccccc4F)c(F)cc23)[C@@H](C)C1. The highest BCUT2D eigenvalue weighted by atomic mass is 35.5. The lowest BCUT2D eigenvalue weighted by atomic mass is 10.0. The molecule has 81 heavy (non-hydrogen) atoms. The van der Waals surface area contributed by atoms with Crippen LogP contribution in [0, 0.1) is 24.4 Å². The first-order valence-corrected chi connectivity index (χ1v) is 26.9. The average Bonchev–Trinajstić information content (AvgIpc) is 3.61. The number of carbonyl (C=O) groups excluding carboxylic acids is 2. The number of halogens is 4. The number of anilines is 3. The van der Waals surface area contributed by atoms with Gasteiger partial charge in [0.05, 0.1) is 56.0 Å². The number of piperazine rings is 2. The smallest absolute Gasteiger partial charge is 0.357 e. The van der Waals surface area contributed by atoms with Crippen LogP contribution in [0.2, 0.25) is 5.02 Å². The second-order valence-corrected chi connectivity index (χ2v) is 21.5. The molecule has 10 rings (SSSR count). The summed E-state index contributed by atoms with van der Waals surface area (Å²) in [4.78, 5) is 95.9. The number of benzene rings is 2. The van der Waals surface area contributed by atoms with E-state index in [4.69, 9.17) is 37.3 Å². The van der Waals surface area contributed by atoms with Gasteiger partial charge in [-0.1, -0.05) is 64.1 Å². The first-order valence-electron chi connectivity index (χ1n) is 26.5. The molecule has 2 saturated heterocycles. The number of carbonyl (C=O) groups is 2. The molecule has 2 fully saturated rings. The van der Waals surface area contributed by atoms with Crippen molar-refractivity contribution in [3.05, 3.63) is 158 Å². The van der Waals surface area contributed by atoms with Crippen molar-refractivity contribution in [1.82, 2.24) is 53.8 Å². The summed E-state index contributed by atoms with van der Waals surface area (Å²) in [5.41, 5.74) is 7.08. The summed E-state index contributed by atoms with van der Waals surface area (Å²) >= 11 is 6.99. The number of nitrogens with two attached hydrogens (primary N) is 1. The van der Waals surface area contributed by atoms with Crippen molar-refractivity contribution in [2.45, 2.75) is 85.4 Å². The van der Waals surface area contributed by atoms with Crippen molar-refractivity contribution in [2.24, 2.45) is 0 Å². The highest BCUT2D eigenvalue weighted by Crippen LogP contribution is 2.40. The second-order valence-electron chi connectivity index (χ2n) is 21.1. The predicted molar refractivity (Wildman–Crippen MR) is 307 cm³/mol. The van der Waals surface area contributed by atoms with E-state index in [-0.39, 0.29) is 135 Å². The largest absolute Gasteiger partial charge is 0.398 e. The van der Waals surface area contributed by atoms with Crippen LogP contribution in [-0.4, -0.2) is 116 Å². The molecule has 416 valence electrons. The Morgan fingerprint density at radius 3 is 2.02 bits per heavy atom. The number of hydrogen-bond donors (Lipinski definition) is 1. The maximum atomic E-state index is 16.3. The van der Waals surface area contributed by atoms with E-state index in [1.54, 1.807) is 40.3 Å². The summed E-state index contributed by atoms with van der Waals surface area (Å²) in [5.74, 6) is -2.85. The number of nitrogen functional groups attached to an aromatic ring is 1. The zero-order valence-corrected chi connectivity index (χ0v) is 46.6. The van der Waals surface area contributed by atoms with Crippen LogP contribution in [0.1, 0.15) is 82.9 Å². The normalized spacial score (nSPS) is 16.9. The van der Waals surface area contributed by atoms with Crippen molar-refractivity contribution in [3.8, 4) is 34.0 Å². The van der Waals surface area contributed by atoms with Gasteiger partial charge in [0.15, 0.2) is 17.1 Å². The Morgan fingerprint density at radius 2 is 1.35 bits per heavy atom. The minimum Gasteiger partial charge on any atom is -0.398 e. The standard InChI is InChI=1S/C59H58ClF3N14O4/c1-10-45(78)72-22-23-74(33(7)27-72)53-39-25-43(63)50(37-14-11-12-15-41(37)61)68-55(39)77(59(81)70-53)57-49(31(4)5)67-36(26-66-57)18-19-46(79)73-28-34(8)75(35(9)29-73)56-38-24-40(60)51(47-42(62)16-13-17-44(47)64)69-54(38)76(58(80)71-56)52-32(6)20-21-65-48(52)30(2)3/h10-21,24-26,30-31,33-35H,1,22-23,27-29,64H2,2-9H3/b19-18-/t33-,34-,35+/m0/s1. The third kappa shape index (κ3) is 10.1. The molecule has 0 spiro atoms. The van der Waals surface area contributed by atoms with Gasteiger partial charge in [-0.05, 0) is 99.7 Å². The molecule has 2 aromatic carbocycles. The molecule has 2 amide bonds. The molecule has 22 heteroatoms. The van der Waals surface area contributed by atoms with Crippen LogP contribution in [0.4, 0.5) is 30.5 Å². The fraction of sp³-hybridized carbons (Fsp3) is 0.305. The van der Waals surface area contributed by atoms with Gasteiger partial charge < -0.3 is 25.3 Å². The lowest BCUT2D eigenvalue weighted by Gasteiger charge is -2.45. The molecular weight excluding hydrogens is 1060 g/mol. The van der Waals surface area contributed by atoms with E-state index in [1.807, 2.05) is 65.2 Å². The van der Waals surface area contributed by atoms with Gasteiger partial charge >= 0.3 is 11.4 Å². The highest BCUT2D eigenvalue weighted by molar-refractivity contribution is 6.34. The number of rotatable bonds is 11. The van der Waals surface area contributed by atoms with Crippen LogP contribution in [0.3, 0.4) is 0 Å². The third-order valence-electron chi connectivity index (χ3n) is 14.8. The van der Waals surface area contributed by atoms with Crippen LogP contribution in [0.25, 0.3) is 62.2 Å². The number of pyridine rings is 3. The van der Waals surface area contributed by atoms with Gasteiger partial charge in [0.1, 0.15) is 34.8 Å². The quantitative estimate of drug-likeness (QED) is 0.0948. The van der Waals surface area contributed by atoms with Crippen molar-refractivity contribution in [1.29, 1.82) is 0 Å². The fourth-order valence-electron chi connectivity index (χ4n) is 10.9. The van der Waals surface area contributed by atoms with Crippen molar-refractivity contribution in [2.75, 3.05) is 48.3 Å². The van der Waals surface area contributed by atoms with E-state index in [0.717, 1.165) is 10.1 Å². The molecule has 8 aromatic rings. The number of fused-ring (bicyclic) bond motifs is 2. The summed E-state index contributed by atoms with van der Waals surface area (Å²) in [5, 5.41) is 0.621. The molecular formula is C59H58ClF3N14O4. The third-order valence-corrected chi connectivity index (χ3v) is 15.0. The summed E-state index contributed by atoms with van der Waals surface area (Å²) in [6.07, 6.45) is 7.20. The van der Waals surface area contributed by atoms with Gasteiger partial charge in [0.2, 0.25) is 11.8 Å². The maximum absolute atomic E-state index is 16.3. The van der Waals surface area contributed by atoms with Crippen molar-refractivity contribution < 1.29 is 22.8 Å². The Hall–Kier alpha value is -8.85. The Balaban J connectivity index is 0.984. The van der Waals surface area contributed by atoms with Gasteiger partial charge in [-0.2, -0.15) is 9.97 Å². The molecule has 3 atom stereocenters. The Morgan fingerprint density at radius 1 is 0.704 bits per heavy atom. The highest BCUT2D eigenvalue weighted by Gasteiger charge is 2.36. The number of aryl methyl sites for hydroxylation is 1. The zero-order chi connectivity index (χ0) is 57.9. The average molecular weight is 1120 g/mol. The maximum Gasteiger partial charge on any atom is 0.357 e. The van der Waals surface area contributed by atoms with Crippen LogP contribution < -0.4 is 26.9 Å². The number of aromatic nitrogens is 9. The molecule has 18 nitrogen and oxygen atoms in total. The first-order chi connectivity index (χ1) is 38.7. The van der Waals surface area contributed by atoms with Crippen LogP contribution in [0.15, 0.2) is 101 Å². The predicted octanol–water partition coefficient (Wildman–Crippen LogP) is 8.96. The second kappa shape index (κ2) is 22.0. The summed E-state index contributed by atoms with van der Waals surface area (Å²) in [6, 6.07) is 13.3. The molecule has 0 bridgehead atoms. The first kappa shape index (κ1) is 55.5. The van der Waals surface area contributed by atoms with E-state index in [2.05, 4.69) is 21.5 Å². The number of nitrogens with zero attached hydrogens (tertiary/aromatic N) is 13. The molecule has 6 aromatic heterocycles. The Bertz CT molecular complexity index is 4000. The molecule has 0 radical (unpaired) electrons. The van der Waals surface area contributed by atoms with Gasteiger partial charge in [-0.15, -0.1) is 0 Å². The van der Waals surface area contributed by atoms with E-state index < -0.39 is 40.9 Å². The fourth-order valence-corrected chi connectivity index (χ4v) is 11.2. The lowest BCUT2D eigenvalue weighted by molar-refractivity contribution is -0.127. The summed E-state index contributed by atoms with van der Waals surface area (Å²) < 4.78 is 49.7. The van der Waals surface area contributed by atoms with Crippen LogP contribution in [0.5, 0.6) is 0 Å². The van der Waals surface area contributed by atoms with E-state index in [0.29, 0.717) is 22.5 Å². The van der Waals surface area contributed by atoms with Gasteiger partial charge in [-0.25, -0.2) is 51.8 Å². The summed E-state index contributed by atoms with van der Waals surface area (Å²) in [6.45, 7) is 20.0. The Labute approximate surface area is 469 Å². The Kier molecular flexibility index (Phi) is 15.1. The molecule has 0 aliphatic carbocycles. The van der Waals surface area contributed by atoms with E-state index in [1.165, 1.54) is 65.4 Å². The van der Waals surface area contributed by atoms with Gasteiger partial charge in [0.25, 0.3) is 0 Å². The molecule has 8 heterocycles. The van der Waals surface area contributed by atoms with E-state index in [9.17, 15) is 19.2 Å². The van der Waals surface area contributed by atoms with E-state index >= 15 is 13.2 Å². The lowest BCUT2D eigenvalue weighted by Crippen LogP contribution is -2.58. The number of amides is 2.